The van der Waals surface area contributed by atoms with E-state index in [-0.39, 0.29) is 11.3 Å². The molecule has 21 heavy (non-hydrogen) atoms. The highest BCUT2D eigenvalue weighted by molar-refractivity contribution is 14.1. The molecule has 0 heterocycles. The Balaban J connectivity index is 2.85. The normalized spacial score (nSPS) is 12.7. The van der Waals surface area contributed by atoms with Crippen LogP contribution in [-0.4, -0.2) is 28.6 Å². The van der Waals surface area contributed by atoms with E-state index in [1.807, 2.05) is 22.6 Å². The van der Waals surface area contributed by atoms with E-state index in [0.717, 1.165) is 3.57 Å². The summed E-state index contributed by atoms with van der Waals surface area (Å²) in [4.78, 5) is 24.0. The predicted octanol–water partition coefficient (Wildman–Crippen LogP) is 3.06. The first-order valence-electron chi connectivity index (χ1n) is 6.23. The summed E-state index contributed by atoms with van der Waals surface area (Å²) in [6, 6.07) is 2.52. The second kappa shape index (κ2) is 7.12. The zero-order valence-corrected chi connectivity index (χ0v) is 16.5. The summed E-state index contributed by atoms with van der Waals surface area (Å²) in [5.74, 6) is -1.12. The number of rotatable bonds is 3. The molecule has 116 valence electrons. The third-order valence-electron chi connectivity index (χ3n) is 2.38. The summed E-state index contributed by atoms with van der Waals surface area (Å²) in [5, 5.41) is 12.5. The van der Waals surface area contributed by atoms with E-state index in [0.29, 0.717) is 3.57 Å². The van der Waals surface area contributed by atoms with Crippen LogP contribution in [0.25, 0.3) is 0 Å². The van der Waals surface area contributed by atoms with Gasteiger partial charge < -0.3 is 15.2 Å². The number of carbonyl (C=O) groups excluding carboxylic acids is 2. The van der Waals surface area contributed by atoms with Gasteiger partial charge >= 0.3 is 5.97 Å². The van der Waals surface area contributed by atoms with Gasteiger partial charge in [0.2, 0.25) is 0 Å². The minimum atomic E-state index is -0.799. The van der Waals surface area contributed by atoms with E-state index >= 15 is 0 Å². The number of hydrogen-bond acceptors (Lipinski definition) is 4. The summed E-state index contributed by atoms with van der Waals surface area (Å²) in [5.41, 5.74) is -0.475. The Labute approximate surface area is 151 Å². The Kier molecular flexibility index (Phi) is 6.26. The summed E-state index contributed by atoms with van der Waals surface area (Å²) in [6.45, 7) is 6.81. The standard InChI is InChI=1S/C14H17I2NO4/c1-7(13(20)21-14(2,3)4)17-12(19)9-5-8(15)6-10(16)11(9)18/h5-7,18H,1-4H3,(H,17,19)/t7-/m0/s1. The first-order valence-corrected chi connectivity index (χ1v) is 8.38. The monoisotopic (exact) mass is 517 g/mol. The number of esters is 1. The number of halogens is 2. The topological polar surface area (TPSA) is 75.6 Å². The van der Waals surface area contributed by atoms with Crippen molar-refractivity contribution >= 4 is 57.1 Å². The van der Waals surface area contributed by atoms with E-state index in [1.165, 1.54) is 0 Å². The molecule has 0 aromatic heterocycles. The van der Waals surface area contributed by atoms with Gasteiger partial charge in [0.15, 0.2) is 0 Å². The van der Waals surface area contributed by atoms with Gasteiger partial charge in [-0.05, 0) is 85.0 Å². The lowest BCUT2D eigenvalue weighted by atomic mass is 10.1. The molecule has 7 heteroatoms. The minimum absolute atomic E-state index is 0.0927. The van der Waals surface area contributed by atoms with Gasteiger partial charge in [-0.15, -0.1) is 0 Å². The Hall–Kier alpha value is -0.580. The molecular formula is C14H17I2NO4. The molecular weight excluding hydrogens is 500 g/mol. The highest BCUT2D eigenvalue weighted by atomic mass is 127. The van der Waals surface area contributed by atoms with Crippen LogP contribution in [0.4, 0.5) is 0 Å². The Bertz CT molecular complexity index is 567. The molecule has 1 aromatic carbocycles. The zero-order chi connectivity index (χ0) is 16.4. The van der Waals surface area contributed by atoms with Crippen molar-refractivity contribution in [3.63, 3.8) is 0 Å². The van der Waals surface area contributed by atoms with Gasteiger partial charge in [0.1, 0.15) is 17.4 Å². The molecule has 0 saturated heterocycles. The van der Waals surface area contributed by atoms with Crippen molar-refractivity contribution < 1.29 is 19.4 Å². The number of hydrogen-bond donors (Lipinski definition) is 2. The average molecular weight is 517 g/mol. The van der Waals surface area contributed by atoms with Crippen LogP contribution in [-0.2, 0) is 9.53 Å². The fourth-order valence-electron chi connectivity index (χ4n) is 1.46. The number of nitrogens with one attached hydrogen (secondary N) is 1. The van der Waals surface area contributed by atoms with Crippen LogP contribution in [0.15, 0.2) is 12.1 Å². The van der Waals surface area contributed by atoms with E-state index in [2.05, 4.69) is 27.9 Å². The highest BCUT2D eigenvalue weighted by Gasteiger charge is 2.24. The van der Waals surface area contributed by atoms with Gasteiger partial charge in [-0.1, -0.05) is 0 Å². The van der Waals surface area contributed by atoms with Crippen molar-refractivity contribution in [3.8, 4) is 5.75 Å². The van der Waals surface area contributed by atoms with Gasteiger partial charge in [0.05, 0.1) is 9.13 Å². The first-order chi connectivity index (χ1) is 9.51. The smallest absolute Gasteiger partial charge is 0.328 e. The molecule has 2 N–H and O–H groups in total. The first kappa shape index (κ1) is 18.5. The molecule has 0 aliphatic rings. The lowest BCUT2D eigenvalue weighted by molar-refractivity contribution is -0.156. The molecule has 0 unspecified atom stereocenters. The van der Waals surface area contributed by atoms with E-state index in [1.54, 1.807) is 39.8 Å². The maximum absolute atomic E-state index is 12.2. The zero-order valence-electron chi connectivity index (χ0n) is 12.2. The molecule has 1 aromatic rings. The van der Waals surface area contributed by atoms with Crippen molar-refractivity contribution in [2.75, 3.05) is 0 Å². The molecule has 0 aliphatic carbocycles. The largest absolute Gasteiger partial charge is 0.506 e. The molecule has 1 rings (SSSR count). The average Bonchev–Trinajstić information content (AvgIpc) is 2.31. The maximum atomic E-state index is 12.2. The molecule has 0 spiro atoms. The summed E-state index contributed by atoms with van der Waals surface area (Å²) in [6.07, 6.45) is 0. The van der Waals surface area contributed by atoms with Crippen molar-refractivity contribution in [1.29, 1.82) is 0 Å². The number of amides is 1. The van der Waals surface area contributed by atoms with Crippen LogP contribution in [0.2, 0.25) is 0 Å². The Morgan fingerprint density at radius 1 is 1.29 bits per heavy atom. The molecule has 0 radical (unpaired) electrons. The molecule has 0 saturated carbocycles. The molecule has 5 nitrogen and oxygen atoms in total. The van der Waals surface area contributed by atoms with Gasteiger partial charge in [-0.25, -0.2) is 4.79 Å². The SMILES string of the molecule is C[C@H](NC(=O)c1cc(I)cc(I)c1O)C(=O)OC(C)(C)C. The van der Waals surface area contributed by atoms with Crippen LogP contribution in [0.1, 0.15) is 38.1 Å². The number of phenols is 1. The van der Waals surface area contributed by atoms with E-state index in [4.69, 9.17) is 4.74 Å². The van der Waals surface area contributed by atoms with E-state index < -0.39 is 23.5 Å². The van der Waals surface area contributed by atoms with Crippen LogP contribution < -0.4 is 5.32 Å². The molecule has 0 fully saturated rings. The Morgan fingerprint density at radius 3 is 2.38 bits per heavy atom. The second-order valence-corrected chi connectivity index (χ2v) is 7.92. The van der Waals surface area contributed by atoms with Crippen molar-refractivity contribution in [2.24, 2.45) is 0 Å². The lowest BCUT2D eigenvalue weighted by Crippen LogP contribution is -2.42. The third-order valence-corrected chi connectivity index (χ3v) is 3.83. The van der Waals surface area contributed by atoms with Crippen LogP contribution in [0.3, 0.4) is 0 Å². The summed E-state index contributed by atoms with van der Waals surface area (Å²) >= 11 is 4.01. The van der Waals surface area contributed by atoms with Gasteiger partial charge in [-0.2, -0.15) is 0 Å². The minimum Gasteiger partial charge on any atom is -0.506 e. The summed E-state index contributed by atoms with van der Waals surface area (Å²) in [7, 11) is 0. The van der Waals surface area contributed by atoms with Crippen molar-refractivity contribution in [3.05, 3.63) is 24.8 Å². The number of phenolic OH excluding ortho intramolecular Hbond substituents is 1. The molecule has 0 aliphatic heterocycles. The fourth-order valence-corrected chi connectivity index (χ4v) is 3.31. The van der Waals surface area contributed by atoms with Crippen molar-refractivity contribution in [2.45, 2.75) is 39.3 Å². The van der Waals surface area contributed by atoms with Gasteiger partial charge in [-0.3, -0.25) is 4.79 Å². The van der Waals surface area contributed by atoms with Crippen molar-refractivity contribution in [1.82, 2.24) is 5.32 Å². The molecule has 0 bridgehead atoms. The highest BCUT2D eigenvalue weighted by Crippen LogP contribution is 2.27. The molecule has 1 atom stereocenters. The second-order valence-electron chi connectivity index (χ2n) is 5.51. The number of aromatic hydroxyl groups is 1. The van der Waals surface area contributed by atoms with Gasteiger partial charge in [0, 0.05) is 3.57 Å². The molecule has 1 amide bonds. The quantitative estimate of drug-likeness (QED) is 0.478. The van der Waals surface area contributed by atoms with Crippen LogP contribution in [0, 0.1) is 7.14 Å². The summed E-state index contributed by atoms with van der Waals surface area (Å²) < 4.78 is 6.60. The predicted molar refractivity (Wildman–Crippen MR) is 96.3 cm³/mol. The third kappa shape index (κ3) is 5.61. The fraction of sp³-hybridized carbons (Fsp3) is 0.429. The number of ether oxygens (including phenoxy) is 1. The Morgan fingerprint density at radius 2 is 1.86 bits per heavy atom. The lowest BCUT2D eigenvalue weighted by Gasteiger charge is -2.22. The van der Waals surface area contributed by atoms with Gasteiger partial charge in [0.25, 0.3) is 5.91 Å². The van der Waals surface area contributed by atoms with E-state index in [9.17, 15) is 14.7 Å². The van der Waals surface area contributed by atoms with Crippen LogP contribution >= 0.6 is 45.2 Å². The van der Waals surface area contributed by atoms with Crippen LogP contribution in [0.5, 0.6) is 5.75 Å². The number of carbonyl (C=O) groups is 2. The number of benzene rings is 1. The maximum Gasteiger partial charge on any atom is 0.328 e.